The molecule has 2 heterocycles. The monoisotopic (exact) mass is 257 g/mol. The summed E-state index contributed by atoms with van der Waals surface area (Å²) >= 11 is 0. The van der Waals surface area contributed by atoms with Crippen molar-refractivity contribution in [2.45, 2.75) is 33.6 Å². The molecular formula is C15H19N3O. The molecule has 0 amide bonds. The highest BCUT2D eigenvalue weighted by Gasteiger charge is 2.07. The number of ether oxygens (including phenoxy) is 1. The Hall–Kier alpha value is -1.97. The van der Waals surface area contributed by atoms with Crippen molar-refractivity contribution in [3.63, 3.8) is 0 Å². The quantitative estimate of drug-likeness (QED) is 0.825. The summed E-state index contributed by atoms with van der Waals surface area (Å²) in [6.07, 6.45) is 5.63. The molecule has 0 unspecified atom stereocenters. The molecule has 2 rings (SSSR count). The van der Waals surface area contributed by atoms with Gasteiger partial charge in [-0.2, -0.15) is 0 Å². The lowest BCUT2D eigenvalue weighted by atomic mass is 10.1. The van der Waals surface area contributed by atoms with Crippen LogP contribution in [0.15, 0.2) is 24.5 Å². The molecule has 0 aliphatic heterocycles. The predicted molar refractivity (Wildman–Crippen MR) is 75.2 cm³/mol. The Morgan fingerprint density at radius 2 is 2.05 bits per heavy atom. The molecule has 0 bridgehead atoms. The zero-order valence-electron chi connectivity index (χ0n) is 11.7. The van der Waals surface area contributed by atoms with Crippen molar-refractivity contribution >= 4 is 0 Å². The molecule has 0 atom stereocenters. The number of rotatable bonds is 5. The van der Waals surface area contributed by atoms with Gasteiger partial charge in [-0.25, -0.2) is 9.97 Å². The molecule has 0 N–H and O–H groups in total. The molecule has 4 heteroatoms. The second kappa shape index (κ2) is 6.27. The Kier molecular flexibility index (Phi) is 4.44. The van der Waals surface area contributed by atoms with Crippen LogP contribution in [0.2, 0.25) is 0 Å². The van der Waals surface area contributed by atoms with Crippen LogP contribution in [0, 0.1) is 6.92 Å². The molecule has 2 aromatic rings. The van der Waals surface area contributed by atoms with E-state index >= 15 is 0 Å². The summed E-state index contributed by atoms with van der Waals surface area (Å²) in [5, 5.41) is 0. The largest absolute Gasteiger partial charge is 0.494 e. The van der Waals surface area contributed by atoms with Crippen LogP contribution in [-0.4, -0.2) is 21.6 Å². The van der Waals surface area contributed by atoms with Gasteiger partial charge in [-0.3, -0.25) is 4.98 Å². The van der Waals surface area contributed by atoms with Crippen LogP contribution in [0.5, 0.6) is 5.75 Å². The molecule has 100 valence electrons. The van der Waals surface area contributed by atoms with Crippen LogP contribution >= 0.6 is 0 Å². The minimum atomic E-state index is 0.638. The molecule has 0 saturated carbocycles. The van der Waals surface area contributed by atoms with Gasteiger partial charge in [0, 0.05) is 24.2 Å². The molecule has 0 aromatic carbocycles. The average molecular weight is 257 g/mol. The van der Waals surface area contributed by atoms with Crippen LogP contribution in [-0.2, 0) is 6.42 Å². The summed E-state index contributed by atoms with van der Waals surface area (Å²) in [7, 11) is 0. The second-order valence-electron chi connectivity index (χ2n) is 4.38. The maximum absolute atomic E-state index is 5.47. The van der Waals surface area contributed by atoms with Gasteiger partial charge in [0.15, 0.2) is 5.82 Å². The van der Waals surface area contributed by atoms with E-state index in [-0.39, 0.29) is 0 Å². The molecule has 0 aliphatic rings. The third-order valence-corrected chi connectivity index (χ3v) is 2.83. The first-order valence-electron chi connectivity index (χ1n) is 6.66. The van der Waals surface area contributed by atoms with E-state index in [1.165, 1.54) is 0 Å². The SMILES string of the molecule is CCCc1nc(-c2cc(OCC)ccn2)ncc1C. The number of nitrogens with zero attached hydrogens (tertiary/aromatic N) is 3. The second-order valence-corrected chi connectivity index (χ2v) is 4.38. The van der Waals surface area contributed by atoms with E-state index in [9.17, 15) is 0 Å². The van der Waals surface area contributed by atoms with Crippen LogP contribution in [0.1, 0.15) is 31.5 Å². The van der Waals surface area contributed by atoms with Crippen molar-refractivity contribution in [3.8, 4) is 17.3 Å². The molecule has 0 saturated heterocycles. The summed E-state index contributed by atoms with van der Waals surface area (Å²) in [5.41, 5.74) is 2.98. The van der Waals surface area contributed by atoms with Crippen molar-refractivity contribution in [1.29, 1.82) is 0 Å². The summed E-state index contributed by atoms with van der Waals surface area (Å²) in [6.45, 7) is 6.79. The molecule has 2 aromatic heterocycles. The molecule has 0 radical (unpaired) electrons. The molecular weight excluding hydrogens is 238 g/mol. The number of aryl methyl sites for hydroxylation is 2. The van der Waals surface area contributed by atoms with Crippen LogP contribution in [0.25, 0.3) is 11.5 Å². The van der Waals surface area contributed by atoms with Crippen molar-refractivity contribution in [2.24, 2.45) is 0 Å². The molecule has 0 spiro atoms. The third kappa shape index (κ3) is 3.28. The highest BCUT2D eigenvalue weighted by molar-refractivity contribution is 5.52. The Morgan fingerprint density at radius 1 is 1.21 bits per heavy atom. The number of hydrogen-bond acceptors (Lipinski definition) is 4. The van der Waals surface area contributed by atoms with E-state index < -0.39 is 0 Å². The first kappa shape index (κ1) is 13.5. The normalized spacial score (nSPS) is 10.5. The van der Waals surface area contributed by atoms with Crippen molar-refractivity contribution in [1.82, 2.24) is 15.0 Å². The summed E-state index contributed by atoms with van der Waals surface area (Å²) < 4.78 is 5.47. The number of pyridine rings is 1. The smallest absolute Gasteiger partial charge is 0.178 e. The third-order valence-electron chi connectivity index (χ3n) is 2.83. The van der Waals surface area contributed by atoms with Gasteiger partial charge in [-0.1, -0.05) is 13.3 Å². The Morgan fingerprint density at radius 3 is 2.79 bits per heavy atom. The minimum absolute atomic E-state index is 0.638. The van der Waals surface area contributed by atoms with E-state index in [0.717, 1.165) is 35.5 Å². The van der Waals surface area contributed by atoms with Gasteiger partial charge in [0.25, 0.3) is 0 Å². The Bertz CT molecular complexity index is 555. The fraction of sp³-hybridized carbons (Fsp3) is 0.400. The Balaban J connectivity index is 2.35. The lowest BCUT2D eigenvalue weighted by Gasteiger charge is -2.07. The van der Waals surface area contributed by atoms with Gasteiger partial charge in [0.2, 0.25) is 0 Å². The Labute approximate surface area is 113 Å². The minimum Gasteiger partial charge on any atom is -0.494 e. The average Bonchev–Trinajstić information content (AvgIpc) is 2.42. The van der Waals surface area contributed by atoms with Crippen LogP contribution in [0.3, 0.4) is 0 Å². The first-order chi connectivity index (χ1) is 9.24. The molecule has 0 fully saturated rings. The van der Waals surface area contributed by atoms with Crippen LogP contribution in [0.4, 0.5) is 0 Å². The van der Waals surface area contributed by atoms with Crippen LogP contribution < -0.4 is 4.74 Å². The van der Waals surface area contributed by atoms with E-state index in [2.05, 4.69) is 21.9 Å². The fourth-order valence-corrected chi connectivity index (χ4v) is 1.88. The van der Waals surface area contributed by atoms with Gasteiger partial charge >= 0.3 is 0 Å². The van der Waals surface area contributed by atoms with Gasteiger partial charge < -0.3 is 4.74 Å². The van der Waals surface area contributed by atoms with E-state index in [0.29, 0.717) is 12.4 Å². The maximum Gasteiger partial charge on any atom is 0.178 e. The molecule has 4 nitrogen and oxygen atoms in total. The fourth-order valence-electron chi connectivity index (χ4n) is 1.88. The van der Waals surface area contributed by atoms with Crippen molar-refractivity contribution in [2.75, 3.05) is 6.61 Å². The summed E-state index contributed by atoms with van der Waals surface area (Å²) in [5.74, 6) is 1.46. The van der Waals surface area contributed by atoms with Crippen molar-refractivity contribution < 1.29 is 4.74 Å². The van der Waals surface area contributed by atoms with Gasteiger partial charge in [-0.05, 0) is 31.9 Å². The predicted octanol–water partition coefficient (Wildman–Crippen LogP) is 3.20. The topological polar surface area (TPSA) is 47.9 Å². The summed E-state index contributed by atoms with van der Waals surface area (Å²) in [6, 6.07) is 3.72. The lowest BCUT2D eigenvalue weighted by molar-refractivity contribution is 0.340. The van der Waals surface area contributed by atoms with Gasteiger partial charge in [-0.15, -0.1) is 0 Å². The van der Waals surface area contributed by atoms with E-state index in [1.54, 1.807) is 6.20 Å². The maximum atomic E-state index is 5.47. The first-order valence-corrected chi connectivity index (χ1v) is 6.66. The van der Waals surface area contributed by atoms with Gasteiger partial charge in [0.1, 0.15) is 11.4 Å². The lowest BCUT2D eigenvalue weighted by Crippen LogP contribution is -2.00. The number of hydrogen-bond donors (Lipinski definition) is 0. The highest BCUT2D eigenvalue weighted by Crippen LogP contribution is 2.19. The van der Waals surface area contributed by atoms with E-state index in [4.69, 9.17) is 4.74 Å². The molecule has 0 aliphatic carbocycles. The zero-order chi connectivity index (χ0) is 13.7. The zero-order valence-corrected chi connectivity index (χ0v) is 11.7. The standard InChI is InChI=1S/C15H19N3O/c1-4-6-13-11(3)10-17-15(18-13)14-9-12(19-5-2)7-8-16-14/h7-10H,4-6H2,1-3H3. The highest BCUT2D eigenvalue weighted by atomic mass is 16.5. The summed E-state index contributed by atoms with van der Waals surface area (Å²) in [4.78, 5) is 13.3. The van der Waals surface area contributed by atoms with Crippen molar-refractivity contribution in [3.05, 3.63) is 35.8 Å². The molecule has 19 heavy (non-hydrogen) atoms. The van der Waals surface area contributed by atoms with Gasteiger partial charge in [0.05, 0.1) is 6.61 Å². The van der Waals surface area contributed by atoms with E-state index in [1.807, 2.05) is 32.2 Å². The number of aromatic nitrogens is 3.